The maximum Gasteiger partial charge on any atom is 0.278 e. The van der Waals surface area contributed by atoms with Crippen LogP contribution in [0.2, 0.25) is 5.02 Å². The van der Waals surface area contributed by atoms with E-state index in [1.807, 2.05) is 66.4 Å². The lowest BCUT2D eigenvalue weighted by Gasteiger charge is -2.25. The number of benzene rings is 3. The van der Waals surface area contributed by atoms with Gasteiger partial charge in [0.1, 0.15) is 11.4 Å². The zero-order valence-corrected chi connectivity index (χ0v) is 18.7. The minimum atomic E-state index is -0.320. The number of amides is 2. The Morgan fingerprint density at radius 2 is 1.53 bits per heavy atom. The fraction of sp³-hybridized carbons (Fsp3) is 0.154. The van der Waals surface area contributed by atoms with Gasteiger partial charge in [-0.25, -0.2) is 0 Å². The topological polar surface area (TPSA) is 49.9 Å². The van der Waals surface area contributed by atoms with Crippen molar-refractivity contribution in [2.75, 3.05) is 18.6 Å². The number of ether oxygens (including phenoxy) is 1. The Bertz CT molecular complexity index is 1160. The average molecular weight is 447 g/mol. The highest BCUT2D eigenvalue weighted by Crippen LogP contribution is 2.35. The summed E-state index contributed by atoms with van der Waals surface area (Å²) in [5, 5.41) is 0.604. The monoisotopic (exact) mass is 446 g/mol. The summed E-state index contributed by atoms with van der Waals surface area (Å²) in [6.45, 7) is 2.67. The van der Waals surface area contributed by atoms with Gasteiger partial charge in [-0.3, -0.25) is 14.5 Å². The van der Waals surface area contributed by atoms with Crippen molar-refractivity contribution >= 4 is 34.7 Å². The van der Waals surface area contributed by atoms with Gasteiger partial charge in [-0.1, -0.05) is 54.1 Å². The van der Waals surface area contributed by atoms with Crippen LogP contribution in [0.25, 0.3) is 5.57 Å². The van der Waals surface area contributed by atoms with E-state index in [0.717, 1.165) is 11.3 Å². The first-order valence-electron chi connectivity index (χ1n) is 10.4. The van der Waals surface area contributed by atoms with Crippen LogP contribution >= 0.6 is 11.6 Å². The molecule has 0 radical (unpaired) electrons. The van der Waals surface area contributed by atoms with Gasteiger partial charge in [-0.2, -0.15) is 0 Å². The fourth-order valence-electron chi connectivity index (χ4n) is 3.83. The van der Waals surface area contributed by atoms with Gasteiger partial charge >= 0.3 is 0 Å². The molecule has 2 amide bonds. The van der Waals surface area contributed by atoms with Crippen LogP contribution in [0.1, 0.15) is 18.1 Å². The van der Waals surface area contributed by atoms with Crippen LogP contribution in [0.15, 0.2) is 84.6 Å². The van der Waals surface area contributed by atoms with Crippen LogP contribution in [0.4, 0.5) is 5.69 Å². The Morgan fingerprint density at radius 1 is 0.875 bits per heavy atom. The van der Waals surface area contributed by atoms with Crippen LogP contribution in [-0.4, -0.2) is 30.4 Å². The molecule has 3 aromatic rings. The molecule has 1 aliphatic heterocycles. The van der Waals surface area contributed by atoms with E-state index in [4.69, 9.17) is 16.3 Å². The maximum atomic E-state index is 13.6. The number of carbonyl (C=O) groups is 2. The van der Waals surface area contributed by atoms with Crippen molar-refractivity contribution in [3.63, 3.8) is 0 Å². The Labute approximate surface area is 192 Å². The number of nitrogens with zero attached hydrogens (tertiary/aromatic N) is 2. The molecule has 0 atom stereocenters. The van der Waals surface area contributed by atoms with E-state index < -0.39 is 0 Å². The molecule has 5 nitrogen and oxygen atoms in total. The molecule has 1 aliphatic rings. The number of anilines is 1. The van der Waals surface area contributed by atoms with E-state index in [2.05, 4.69) is 0 Å². The van der Waals surface area contributed by atoms with E-state index in [1.165, 1.54) is 4.90 Å². The first-order valence-corrected chi connectivity index (χ1v) is 10.7. The molecular weight excluding hydrogens is 424 g/mol. The van der Waals surface area contributed by atoms with Gasteiger partial charge < -0.3 is 9.64 Å². The summed E-state index contributed by atoms with van der Waals surface area (Å²) in [7, 11) is 1.59. The van der Waals surface area contributed by atoms with Crippen LogP contribution < -0.4 is 9.64 Å². The number of halogens is 1. The molecule has 0 aromatic heterocycles. The zero-order valence-electron chi connectivity index (χ0n) is 17.9. The van der Waals surface area contributed by atoms with Crippen LogP contribution in [-0.2, 0) is 16.1 Å². The molecule has 0 bridgehead atoms. The molecule has 1 heterocycles. The molecule has 0 N–H and O–H groups in total. The lowest BCUT2D eigenvalue weighted by atomic mass is 10.0. The Balaban J connectivity index is 1.80. The highest BCUT2D eigenvalue weighted by molar-refractivity contribution is 6.36. The molecule has 162 valence electrons. The summed E-state index contributed by atoms with van der Waals surface area (Å²) in [5.41, 5.74) is 3.12. The van der Waals surface area contributed by atoms with Gasteiger partial charge in [0.15, 0.2) is 0 Å². The number of carbonyl (C=O) groups excluding carboxylic acids is 2. The van der Waals surface area contributed by atoms with Crippen molar-refractivity contribution in [2.24, 2.45) is 0 Å². The molecule has 0 unspecified atom stereocenters. The summed E-state index contributed by atoms with van der Waals surface area (Å²) in [6.07, 6.45) is 0. The van der Waals surface area contributed by atoms with Crippen LogP contribution in [0, 0.1) is 0 Å². The minimum Gasteiger partial charge on any atom is -0.497 e. The first-order chi connectivity index (χ1) is 15.5. The normalized spacial score (nSPS) is 13.7. The first kappa shape index (κ1) is 21.7. The maximum absolute atomic E-state index is 13.6. The van der Waals surface area contributed by atoms with Gasteiger partial charge in [0.2, 0.25) is 0 Å². The standard InChI is InChI=1S/C26H23ClN2O3/c1-3-28(21-7-5-4-6-8-21)24-23(19-11-15-22(32-2)16-12-19)25(30)29(26(24)31)17-18-9-13-20(27)14-10-18/h4-16H,3,17H2,1-2H3. The second-order valence-electron chi connectivity index (χ2n) is 7.35. The summed E-state index contributed by atoms with van der Waals surface area (Å²) >= 11 is 5.99. The van der Waals surface area contributed by atoms with Gasteiger partial charge in [-0.05, 0) is 54.4 Å². The summed E-state index contributed by atoms with van der Waals surface area (Å²) in [5.74, 6) is 0.0436. The van der Waals surface area contributed by atoms with E-state index in [0.29, 0.717) is 34.2 Å². The van der Waals surface area contributed by atoms with E-state index in [1.54, 1.807) is 31.4 Å². The number of para-hydroxylation sites is 1. The van der Waals surface area contributed by atoms with Gasteiger partial charge in [0.25, 0.3) is 11.8 Å². The quantitative estimate of drug-likeness (QED) is 0.471. The number of methoxy groups -OCH3 is 1. The van der Waals surface area contributed by atoms with E-state index in [9.17, 15) is 9.59 Å². The zero-order chi connectivity index (χ0) is 22.7. The summed E-state index contributed by atoms with van der Waals surface area (Å²) in [6, 6.07) is 24.0. The fourth-order valence-corrected chi connectivity index (χ4v) is 3.95. The smallest absolute Gasteiger partial charge is 0.278 e. The van der Waals surface area contributed by atoms with Crippen molar-refractivity contribution < 1.29 is 14.3 Å². The van der Waals surface area contributed by atoms with Gasteiger partial charge in [0.05, 0.1) is 19.2 Å². The average Bonchev–Trinajstić information content (AvgIpc) is 3.06. The molecule has 0 fully saturated rings. The van der Waals surface area contributed by atoms with E-state index in [-0.39, 0.29) is 18.4 Å². The molecular formula is C26H23ClN2O3. The molecule has 6 heteroatoms. The van der Waals surface area contributed by atoms with Crippen LogP contribution in [0.5, 0.6) is 5.75 Å². The van der Waals surface area contributed by atoms with Crippen molar-refractivity contribution in [3.8, 4) is 5.75 Å². The molecule has 3 aromatic carbocycles. The summed E-state index contributed by atoms with van der Waals surface area (Å²) < 4.78 is 5.25. The third-order valence-electron chi connectivity index (χ3n) is 5.43. The van der Waals surface area contributed by atoms with Gasteiger partial charge in [-0.15, -0.1) is 0 Å². The number of likely N-dealkylation sites (N-methyl/N-ethyl adjacent to an activating group) is 1. The Hall–Kier alpha value is -3.57. The lowest BCUT2D eigenvalue weighted by molar-refractivity contribution is -0.137. The van der Waals surface area contributed by atoms with Gasteiger partial charge in [0, 0.05) is 17.3 Å². The third kappa shape index (κ3) is 4.12. The third-order valence-corrected chi connectivity index (χ3v) is 5.68. The number of rotatable bonds is 7. The molecule has 0 saturated heterocycles. The van der Waals surface area contributed by atoms with Crippen molar-refractivity contribution in [1.29, 1.82) is 0 Å². The van der Waals surface area contributed by atoms with E-state index >= 15 is 0 Å². The molecule has 32 heavy (non-hydrogen) atoms. The predicted molar refractivity (Wildman–Crippen MR) is 126 cm³/mol. The second-order valence-corrected chi connectivity index (χ2v) is 7.79. The van der Waals surface area contributed by atoms with Crippen LogP contribution in [0.3, 0.4) is 0 Å². The Kier molecular flexibility index (Phi) is 6.28. The van der Waals surface area contributed by atoms with Crippen molar-refractivity contribution in [2.45, 2.75) is 13.5 Å². The van der Waals surface area contributed by atoms with Crippen molar-refractivity contribution in [3.05, 3.63) is 101 Å². The molecule has 0 spiro atoms. The molecule has 0 saturated carbocycles. The molecule has 4 rings (SSSR count). The largest absolute Gasteiger partial charge is 0.497 e. The minimum absolute atomic E-state index is 0.171. The SMILES string of the molecule is CCN(C1=C(c2ccc(OC)cc2)C(=O)N(Cc2ccc(Cl)cc2)C1=O)c1ccccc1. The van der Waals surface area contributed by atoms with Crippen molar-refractivity contribution in [1.82, 2.24) is 4.90 Å². The molecule has 0 aliphatic carbocycles. The number of imide groups is 1. The highest BCUT2D eigenvalue weighted by Gasteiger charge is 2.41. The lowest BCUT2D eigenvalue weighted by Crippen LogP contribution is -2.34. The second kappa shape index (κ2) is 9.28. The predicted octanol–water partition coefficient (Wildman–Crippen LogP) is 5.16. The highest BCUT2D eigenvalue weighted by atomic mass is 35.5. The Morgan fingerprint density at radius 3 is 2.12 bits per heavy atom. The summed E-state index contributed by atoms with van der Waals surface area (Å²) in [4.78, 5) is 30.4. The number of hydrogen-bond donors (Lipinski definition) is 0. The number of hydrogen-bond acceptors (Lipinski definition) is 4.